The molecule has 2 unspecified atom stereocenters. The standard InChI is InChI=1S/C22H28N2O2/c1-21(2,23-19(25-23)17-11-7-5-8-12-17)15-16-22(3,4)24-20(26-24)18-13-9-6-10-14-18/h5-14,19-20H,15-16H2,1-4H3/t19-,20+,23?,24?. The van der Waals surface area contributed by atoms with Gasteiger partial charge in [-0.05, 0) is 51.7 Å². The van der Waals surface area contributed by atoms with Crippen molar-refractivity contribution in [1.29, 1.82) is 0 Å². The molecule has 0 aromatic heterocycles. The van der Waals surface area contributed by atoms with E-state index in [4.69, 9.17) is 9.68 Å². The smallest absolute Gasteiger partial charge is 0.180 e. The Hall–Kier alpha value is -1.72. The van der Waals surface area contributed by atoms with Crippen molar-refractivity contribution in [2.75, 3.05) is 0 Å². The molecule has 2 aromatic carbocycles. The molecular weight excluding hydrogens is 324 g/mol. The lowest BCUT2D eigenvalue weighted by Gasteiger charge is -2.30. The summed E-state index contributed by atoms with van der Waals surface area (Å²) in [7, 11) is 0. The van der Waals surface area contributed by atoms with E-state index in [-0.39, 0.29) is 23.5 Å². The first-order valence-electron chi connectivity index (χ1n) is 9.41. The molecule has 0 saturated carbocycles. The zero-order valence-electron chi connectivity index (χ0n) is 16.1. The van der Waals surface area contributed by atoms with Gasteiger partial charge in [-0.2, -0.15) is 0 Å². The van der Waals surface area contributed by atoms with Crippen LogP contribution in [0, 0.1) is 0 Å². The van der Waals surface area contributed by atoms with Crippen LogP contribution in [0.3, 0.4) is 0 Å². The highest BCUT2D eigenvalue weighted by Crippen LogP contribution is 2.48. The van der Waals surface area contributed by atoms with Crippen molar-refractivity contribution in [2.45, 2.75) is 64.1 Å². The molecule has 26 heavy (non-hydrogen) atoms. The summed E-state index contributed by atoms with van der Waals surface area (Å²) in [6, 6.07) is 20.8. The Bertz CT molecular complexity index is 680. The van der Waals surface area contributed by atoms with Gasteiger partial charge in [-0.15, -0.1) is 10.1 Å². The maximum Gasteiger partial charge on any atom is 0.180 e. The minimum absolute atomic E-state index is 0.0178. The van der Waals surface area contributed by atoms with E-state index >= 15 is 0 Å². The van der Waals surface area contributed by atoms with Gasteiger partial charge in [0.2, 0.25) is 0 Å². The number of hydrogen-bond acceptors (Lipinski definition) is 4. The molecule has 0 spiro atoms. The summed E-state index contributed by atoms with van der Waals surface area (Å²) >= 11 is 0. The SMILES string of the molecule is CC(C)(CCC(C)(C)N1O[C@H]1c1ccccc1)N1O[C@@H]1c1ccccc1. The van der Waals surface area contributed by atoms with Crippen LogP contribution in [-0.4, -0.2) is 21.2 Å². The Morgan fingerprint density at radius 1 is 0.654 bits per heavy atom. The Labute approximate surface area is 156 Å². The van der Waals surface area contributed by atoms with Crippen molar-refractivity contribution < 1.29 is 9.68 Å². The summed E-state index contributed by atoms with van der Waals surface area (Å²) in [5, 5.41) is 4.24. The molecular formula is C22H28N2O2. The van der Waals surface area contributed by atoms with Gasteiger partial charge in [0.25, 0.3) is 0 Å². The first-order chi connectivity index (χ1) is 12.4. The van der Waals surface area contributed by atoms with Crippen LogP contribution in [0.25, 0.3) is 0 Å². The molecule has 2 aliphatic heterocycles. The van der Waals surface area contributed by atoms with Crippen molar-refractivity contribution in [2.24, 2.45) is 0 Å². The molecule has 0 N–H and O–H groups in total. The minimum Gasteiger partial charge on any atom is -0.269 e. The van der Waals surface area contributed by atoms with E-state index in [1.807, 2.05) is 12.1 Å². The van der Waals surface area contributed by atoms with E-state index in [0.29, 0.717) is 0 Å². The Kier molecular flexibility index (Phi) is 4.40. The number of hydroxylamine groups is 4. The summed E-state index contributed by atoms with van der Waals surface area (Å²) in [6.07, 6.45) is 2.24. The van der Waals surface area contributed by atoms with Gasteiger partial charge in [0.1, 0.15) is 0 Å². The van der Waals surface area contributed by atoms with Gasteiger partial charge in [-0.3, -0.25) is 9.68 Å². The predicted octanol–water partition coefficient (Wildman–Crippen LogP) is 5.22. The molecule has 4 atom stereocenters. The molecule has 4 rings (SSSR count). The van der Waals surface area contributed by atoms with Crippen molar-refractivity contribution in [1.82, 2.24) is 10.1 Å². The average Bonchev–Trinajstić information content (AvgIpc) is 3.54. The van der Waals surface area contributed by atoms with Gasteiger partial charge in [-0.1, -0.05) is 60.7 Å². The Morgan fingerprint density at radius 3 is 1.35 bits per heavy atom. The molecule has 0 aliphatic carbocycles. The van der Waals surface area contributed by atoms with Gasteiger partial charge in [0, 0.05) is 11.1 Å². The molecule has 0 radical (unpaired) electrons. The monoisotopic (exact) mass is 352 g/mol. The fraction of sp³-hybridized carbons (Fsp3) is 0.455. The van der Waals surface area contributed by atoms with Gasteiger partial charge in [0.05, 0.1) is 0 Å². The molecule has 2 heterocycles. The highest BCUT2D eigenvalue weighted by atomic mass is 16.8. The van der Waals surface area contributed by atoms with Gasteiger partial charge in [0.15, 0.2) is 12.5 Å². The topological polar surface area (TPSA) is 31.1 Å². The molecule has 138 valence electrons. The van der Waals surface area contributed by atoms with E-state index in [1.165, 1.54) is 11.1 Å². The fourth-order valence-electron chi connectivity index (χ4n) is 3.54. The third-order valence-corrected chi connectivity index (χ3v) is 5.47. The molecule has 4 nitrogen and oxygen atoms in total. The predicted molar refractivity (Wildman–Crippen MR) is 102 cm³/mol. The number of rotatable bonds is 7. The largest absolute Gasteiger partial charge is 0.269 e. The Balaban J connectivity index is 1.33. The third-order valence-electron chi connectivity index (χ3n) is 5.47. The Morgan fingerprint density at radius 2 is 1.00 bits per heavy atom. The molecule has 2 aliphatic rings. The molecule has 2 saturated heterocycles. The number of nitrogens with zero attached hydrogens (tertiary/aromatic N) is 2. The number of hydrogen-bond donors (Lipinski definition) is 0. The summed E-state index contributed by atoms with van der Waals surface area (Å²) in [4.78, 5) is 11.8. The summed E-state index contributed by atoms with van der Waals surface area (Å²) in [5.41, 5.74) is 2.41. The fourth-order valence-corrected chi connectivity index (χ4v) is 3.54. The highest BCUT2D eigenvalue weighted by Gasteiger charge is 2.51. The molecule has 4 heteroatoms. The van der Waals surface area contributed by atoms with Crippen LogP contribution in [0.1, 0.15) is 64.1 Å². The van der Waals surface area contributed by atoms with Crippen molar-refractivity contribution >= 4 is 0 Å². The maximum absolute atomic E-state index is 5.89. The van der Waals surface area contributed by atoms with E-state index in [9.17, 15) is 0 Å². The molecule has 2 fully saturated rings. The van der Waals surface area contributed by atoms with Crippen molar-refractivity contribution in [3.05, 3.63) is 71.8 Å². The van der Waals surface area contributed by atoms with Crippen molar-refractivity contribution in [3.63, 3.8) is 0 Å². The lowest BCUT2D eigenvalue weighted by molar-refractivity contribution is 0.0422. The van der Waals surface area contributed by atoms with Crippen LogP contribution >= 0.6 is 0 Å². The van der Waals surface area contributed by atoms with E-state index in [1.54, 1.807) is 0 Å². The zero-order valence-corrected chi connectivity index (χ0v) is 16.1. The van der Waals surface area contributed by atoms with Crippen LogP contribution in [0.5, 0.6) is 0 Å². The zero-order chi connectivity index (χ0) is 18.4. The first-order valence-corrected chi connectivity index (χ1v) is 9.41. The molecule has 0 bridgehead atoms. The molecule has 2 aromatic rings. The lowest BCUT2D eigenvalue weighted by Crippen LogP contribution is -2.37. The highest BCUT2D eigenvalue weighted by molar-refractivity contribution is 5.20. The van der Waals surface area contributed by atoms with Gasteiger partial charge >= 0.3 is 0 Å². The minimum atomic E-state index is -0.0178. The van der Waals surface area contributed by atoms with Crippen LogP contribution in [0.15, 0.2) is 60.7 Å². The van der Waals surface area contributed by atoms with Crippen LogP contribution < -0.4 is 0 Å². The quantitative estimate of drug-likeness (QED) is 0.640. The van der Waals surface area contributed by atoms with Gasteiger partial charge < -0.3 is 0 Å². The maximum atomic E-state index is 5.89. The molecule has 0 amide bonds. The number of benzene rings is 2. The van der Waals surface area contributed by atoms with Gasteiger partial charge in [-0.25, -0.2) is 0 Å². The lowest BCUT2D eigenvalue weighted by atomic mass is 9.89. The van der Waals surface area contributed by atoms with Crippen molar-refractivity contribution in [3.8, 4) is 0 Å². The third kappa shape index (κ3) is 3.55. The average molecular weight is 352 g/mol. The van der Waals surface area contributed by atoms with Crippen LogP contribution in [0.4, 0.5) is 0 Å². The van der Waals surface area contributed by atoms with E-state index in [0.717, 1.165) is 12.8 Å². The first kappa shape index (κ1) is 17.7. The summed E-state index contributed by atoms with van der Waals surface area (Å²) in [5.74, 6) is 0. The second kappa shape index (κ2) is 6.46. The second-order valence-electron chi connectivity index (χ2n) is 8.51. The second-order valence-corrected chi connectivity index (χ2v) is 8.51. The van der Waals surface area contributed by atoms with E-state index in [2.05, 4.69) is 86.4 Å². The summed E-state index contributed by atoms with van der Waals surface area (Å²) in [6.45, 7) is 9.02. The van der Waals surface area contributed by atoms with Crippen LogP contribution in [-0.2, 0) is 9.68 Å². The van der Waals surface area contributed by atoms with Crippen LogP contribution in [0.2, 0.25) is 0 Å². The van der Waals surface area contributed by atoms with E-state index < -0.39 is 0 Å². The summed E-state index contributed by atoms with van der Waals surface area (Å²) < 4.78 is 0. The normalized spacial score (nSPS) is 28.0.